The van der Waals surface area contributed by atoms with Gasteiger partial charge in [-0.25, -0.2) is 14.4 Å². The maximum atomic E-state index is 10.3. The van der Waals surface area contributed by atoms with Crippen molar-refractivity contribution in [1.82, 2.24) is 0 Å². The Morgan fingerprint density at radius 1 is 0.808 bits per heavy atom. The smallest absolute Gasteiger partial charge is 0.338 e. The van der Waals surface area contributed by atoms with Gasteiger partial charge in [-0.1, -0.05) is 59.1 Å². The summed E-state index contributed by atoms with van der Waals surface area (Å²) in [5.74, 6) is -2.29. The lowest BCUT2D eigenvalue weighted by Crippen LogP contribution is -2.01. The first-order valence-electron chi connectivity index (χ1n) is 17.0. The summed E-state index contributed by atoms with van der Waals surface area (Å²) in [6.45, 7) is 20.4. The van der Waals surface area contributed by atoms with Crippen molar-refractivity contribution in [2.45, 2.75) is 99.0 Å². The third kappa shape index (κ3) is 127. The molecule has 2 aliphatic heterocycles. The second-order valence-electron chi connectivity index (χ2n) is 9.27. The molecule has 1 unspecified atom stereocenters. The highest BCUT2D eigenvalue weighted by molar-refractivity contribution is 6.04. The Balaban J connectivity index is -0.0000000706. The van der Waals surface area contributed by atoms with Gasteiger partial charge in [-0.2, -0.15) is 0 Å². The molecule has 1 atom stereocenters. The van der Waals surface area contributed by atoms with E-state index in [1.165, 1.54) is 32.4 Å². The van der Waals surface area contributed by atoms with Crippen LogP contribution in [0.15, 0.2) is 49.6 Å². The predicted octanol–water partition coefficient (Wildman–Crippen LogP) is 2.96. The van der Waals surface area contributed by atoms with Crippen LogP contribution in [0.3, 0.4) is 0 Å². The highest BCUT2D eigenvalue weighted by Crippen LogP contribution is 2.04. The molecule has 15 heteroatoms. The molecule has 0 amide bonds. The van der Waals surface area contributed by atoms with Gasteiger partial charge in [-0.05, 0) is 45.6 Å². The Labute approximate surface area is 312 Å². The summed E-state index contributed by atoms with van der Waals surface area (Å²) in [6, 6.07) is 0. The largest absolute Gasteiger partial charge is 0.466 e. The minimum absolute atomic E-state index is 0.0243. The number of ether oxygens (including phenoxy) is 3. The van der Waals surface area contributed by atoms with Gasteiger partial charge in [0.2, 0.25) is 0 Å². The van der Waals surface area contributed by atoms with Crippen molar-refractivity contribution in [1.29, 1.82) is 0 Å². The van der Waals surface area contributed by atoms with Gasteiger partial charge in [0.05, 0.1) is 26.4 Å². The first-order valence-corrected chi connectivity index (χ1v) is 17.0. The number of aliphatic hydroxyl groups is 7. The lowest BCUT2D eigenvalue weighted by atomic mass is 10.3. The van der Waals surface area contributed by atoms with Crippen LogP contribution in [0.5, 0.6) is 0 Å². The summed E-state index contributed by atoms with van der Waals surface area (Å²) in [6.07, 6.45) is 15.6. The van der Waals surface area contributed by atoms with E-state index in [2.05, 4.69) is 57.3 Å². The standard InChI is InChI=1S/C6H8O4.C4H2O3.2C4H10O2.C4H10.C3H6O2.2C3H6O.C3H8.C3H6/c1-10-6(9)3-2-5(8)4-7;5-3-1-2-4(6)7-3;2*5-3-1-2-4-6;1-3-4-2;4-2-1-3-5;1-3-2-4-3;1-2-3-4;2*1-3-2/h2-3,7H,4H2,1H3;1-2H;2*5-6H,1-4H2;3-4H2,1-2H3;2,5H,1,3H2;3H,2H2,1H3;2,4H,1,3H2;3H2,1-2H3;3H,1H2,2H3/b3-2+;;;;;;;;;. The normalized spacial score (nSPS) is 11.8. The summed E-state index contributed by atoms with van der Waals surface area (Å²) in [7, 11) is 1.20. The average Bonchev–Trinajstić information content (AvgIpc) is 3.85. The van der Waals surface area contributed by atoms with Crippen molar-refractivity contribution in [3.8, 4) is 0 Å². The maximum absolute atomic E-state index is 10.3. The number of hydrogen-bond acceptors (Lipinski definition) is 15. The Hall–Kier alpha value is -3.41. The highest BCUT2D eigenvalue weighted by Gasteiger charge is 2.13. The molecule has 1 fully saturated rings. The molecule has 0 aromatic heterocycles. The number of esters is 3. The first kappa shape index (κ1) is 66.8. The quantitative estimate of drug-likeness (QED) is 0.0271. The van der Waals surface area contributed by atoms with Crippen LogP contribution in [-0.4, -0.2) is 132 Å². The molecule has 0 spiro atoms. The van der Waals surface area contributed by atoms with Gasteiger partial charge in [-0.3, -0.25) is 4.79 Å². The molecule has 7 N–H and O–H groups in total. The Morgan fingerprint density at radius 3 is 1.25 bits per heavy atom. The van der Waals surface area contributed by atoms with Gasteiger partial charge in [0.25, 0.3) is 0 Å². The summed E-state index contributed by atoms with van der Waals surface area (Å²) >= 11 is 0. The number of rotatable bonds is 13. The van der Waals surface area contributed by atoms with Crippen LogP contribution < -0.4 is 0 Å². The van der Waals surface area contributed by atoms with E-state index in [1.54, 1.807) is 6.08 Å². The number of hydrogen-bond donors (Lipinski definition) is 7. The molecule has 52 heavy (non-hydrogen) atoms. The van der Waals surface area contributed by atoms with Crippen molar-refractivity contribution < 1.29 is 73.9 Å². The lowest BCUT2D eigenvalue weighted by molar-refractivity contribution is -0.150. The molecule has 2 aliphatic rings. The number of methoxy groups -OCH3 is 1. The van der Waals surface area contributed by atoms with Crippen LogP contribution in [0.2, 0.25) is 0 Å². The van der Waals surface area contributed by atoms with Gasteiger partial charge < -0.3 is 54.8 Å². The van der Waals surface area contributed by atoms with Crippen molar-refractivity contribution in [3.63, 3.8) is 0 Å². The highest BCUT2D eigenvalue weighted by atomic mass is 16.6. The van der Waals surface area contributed by atoms with E-state index < -0.39 is 30.3 Å². The average molecular weight is 757 g/mol. The number of aldehydes is 1. The number of allylic oxidation sites excluding steroid dienone is 1. The van der Waals surface area contributed by atoms with E-state index in [4.69, 9.17) is 40.5 Å². The fraction of sp³-hybridized carbons (Fsp3) is 0.649. The van der Waals surface area contributed by atoms with Gasteiger partial charge in [-0.15, -0.1) is 13.2 Å². The SMILES string of the molecule is C=CC.C=CCO.CC1CO1.CCC.CCCC.COC(=O)/C=C/C(=O)CO.O=C1C=CC(=O)O1.O=CCCO.OCCCCO.OCCCCO. The van der Waals surface area contributed by atoms with Gasteiger partial charge in [0.15, 0.2) is 5.78 Å². The second-order valence-corrected chi connectivity index (χ2v) is 9.27. The maximum Gasteiger partial charge on any atom is 0.338 e. The van der Waals surface area contributed by atoms with E-state index >= 15 is 0 Å². The first-order chi connectivity index (χ1) is 24.8. The van der Waals surface area contributed by atoms with E-state index in [0.29, 0.717) is 12.4 Å². The third-order valence-corrected chi connectivity index (χ3v) is 3.83. The number of aliphatic hydroxyl groups excluding tert-OH is 7. The molecule has 0 aromatic rings. The van der Waals surface area contributed by atoms with E-state index in [-0.39, 0.29) is 46.1 Å². The lowest BCUT2D eigenvalue weighted by Gasteiger charge is -1.87. The third-order valence-electron chi connectivity index (χ3n) is 3.83. The van der Waals surface area contributed by atoms with Crippen molar-refractivity contribution in [2.75, 3.05) is 60.0 Å². The van der Waals surface area contributed by atoms with E-state index in [1.807, 2.05) is 6.92 Å². The zero-order chi connectivity index (χ0) is 42.3. The number of unbranched alkanes of at least 4 members (excludes halogenated alkanes) is 3. The molecule has 15 nitrogen and oxygen atoms in total. The fourth-order valence-electron chi connectivity index (χ4n) is 1.18. The number of carbonyl (C=O) groups is 5. The molecule has 310 valence electrons. The molecule has 0 aromatic carbocycles. The number of ketones is 1. The number of epoxide rings is 1. The molecule has 0 saturated carbocycles. The van der Waals surface area contributed by atoms with Crippen LogP contribution >= 0.6 is 0 Å². The Bertz CT molecular complexity index is 742. The fourth-order valence-corrected chi connectivity index (χ4v) is 1.18. The zero-order valence-electron chi connectivity index (χ0n) is 32.7. The van der Waals surface area contributed by atoms with E-state index in [0.717, 1.165) is 56.6 Å². The summed E-state index contributed by atoms with van der Waals surface area (Å²) in [4.78, 5) is 49.7. The van der Waals surface area contributed by atoms with Crippen molar-refractivity contribution in [2.24, 2.45) is 0 Å². The molecule has 0 bridgehead atoms. The van der Waals surface area contributed by atoms with Gasteiger partial charge in [0.1, 0.15) is 12.9 Å². The van der Waals surface area contributed by atoms with Crippen LogP contribution in [0.4, 0.5) is 0 Å². The summed E-state index contributed by atoms with van der Waals surface area (Å²) in [5.41, 5.74) is 0. The van der Waals surface area contributed by atoms with Crippen LogP contribution in [-0.2, 0) is 38.2 Å². The van der Waals surface area contributed by atoms with Gasteiger partial charge in [0, 0.05) is 57.7 Å². The van der Waals surface area contributed by atoms with E-state index in [9.17, 15) is 24.0 Å². The molecule has 0 radical (unpaired) electrons. The monoisotopic (exact) mass is 756 g/mol. The topological polar surface area (TPSA) is 258 Å². The zero-order valence-corrected chi connectivity index (χ0v) is 32.7. The number of cyclic esters (lactones) is 2. The Morgan fingerprint density at radius 2 is 1.13 bits per heavy atom. The van der Waals surface area contributed by atoms with Crippen LogP contribution in [0.1, 0.15) is 92.9 Å². The van der Waals surface area contributed by atoms with Gasteiger partial charge >= 0.3 is 17.9 Å². The molecular formula is C37H72O15. The molecule has 2 rings (SSSR count). The summed E-state index contributed by atoms with van der Waals surface area (Å²) < 4.78 is 12.9. The number of carbonyl (C=O) groups excluding carboxylic acids is 5. The minimum Gasteiger partial charge on any atom is -0.466 e. The molecule has 2 heterocycles. The second kappa shape index (κ2) is 73.1. The predicted molar refractivity (Wildman–Crippen MR) is 203 cm³/mol. The summed E-state index contributed by atoms with van der Waals surface area (Å²) in [5, 5.41) is 56.1. The minimum atomic E-state index is -0.609. The molecular weight excluding hydrogens is 684 g/mol. The Kier molecular flexibility index (Phi) is 93.9. The molecule has 1 saturated heterocycles. The molecule has 0 aliphatic carbocycles. The van der Waals surface area contributed by atoms with Crippen molar-refractivity contribution in [3.05, 3.63) is 49.6 Å². The van der Waals surface area contributed by atoms with Crippen LogP contribution in [0, 0.1) is 0 Å². The van der Waals surface area contributed by atoms with Crippen molar-refractivity contribution >= 4 is 30.0 Å². The van der Waals surface area contributed by atoms with Crippen LogP contribution in [0.25, 0.3) is 0 Å².